The first-order valence-electron chi connectivity index (χ1n) is 35.3. The van der Waals surface area contributed by atoms with E-state index in [0.29, 0.717) is 37.5 Å². The zero-order valence-corrected chi connectivity index (χ0v) is 58.4. The Morgan fingerprint density at radius 2 is 0.552 bits per heavy atom. The van der Waals surface area contributed by atoms with Crippen LogP contribution in [0.5, 0.6) is 0 Å². The number of carbonyl (C=O) groups excluding carboxylic acids is 4. The summed E-state index contributed by atoms with van der Waals surface area (Å²) in [6.45, 7) is 14.0. The number of hydrogen-bond donors (Lipinski definition) is 3. The maximum absolute atomic E-state index is 13.0. The number of phosphoric acid groups is 2. The molecule has 0 saturated heterocycles. The third-order valence-corrected chi connectivity index (χ3v) is 18.2. The average molecular weight is 1280 g/mol. The van der Waals surface area contributed by atoms with Crippen LogP contribution in [0.2, 0.25) is 0 Å². The minimum atomic E-state index is -4.95. The van der Waals surface area contributed by atoms with Crippen molar-refractivity contribution in [3.05, 3.63) is 0 Å². The van der Waals surface area contributed by atoms with Gasteiger partial charge in [0.1, 0.15) is 19.3 Å². The van der Waals surface area contributed by atoms with E-state index in [4.69, 9.17) is 37.0 Å². The van der Waals surface area contributed by atoms with Crippen molar-refractivity contribution in [3.8, 4) is 0 Å². The first-order valence-corrected chi connectivity index (χ1v) is 38.3. The van der Waals surface area contributed by atoms with Gasteiger partial charge in [0.05, 0.1) is 26.4 Å². The molecule has 4 unspecified atom stereocenters. The number of unbranched alkanes of at least 4 members (excludes halogenated alkanes) is 29. The standard InChI is InChI=1S/C68H132O17P2/c1-9-60(7)46-38-30-21-17-15-13-11-12-14-16-18-22-32-40-48-65(70)78-54-63(84-67(72)50-42-34-23-19-20-28-36-44-58(3)4)56-82-86(74,75)80-52-62(69)53-81-87(76,77)83-57-64(55-79-66(71)49-41-33-26-24-29-37-45-59(5)6)85-68(73)51-43-35-27-25-31-39-47-61(8)10-2/h58-64,69H,9-57H2,1-8H3,(H,74,75)(H,76,77)/t60?,61?,62-,63-,64-/m1/s1. The van der Waals surface area contributed by atoms with Gasteiger partial charge in [0, 0.05) is 25.7 Å². The van der Waals surface area contributed by atoms with Crippen LogP contribution in [0, 0.1) is 23.7 Å². The molecule has 0 saturated carbocycles. The summed E-state index contributed by atoms with van der Waals surface area (Å²) in [6.07, 6.45) is 39.3. The lowest BCUT2D eigenvalue weighted by atomic mass is 9.99. The number of rotatable bonds is 65. The Morgan fingerprint density at radius 3 is 0.816 bits per heavy atom. The van der Waals surface area contributed by atoms with Crippen LogP contribution in [0.3, 0.4) is 0 Å². The summed E-state index contributed by atoms with van der Waals surface area (Å²) in [5.41, 5.74) is 0. The highest BCUT2D eigenvalue weighted by atomic mass is 31.2. The number of aliphatic hydroxyl groups is 1. The topological polar surface area (TPSA) is 237 Å². The molecule has 0 aromatic heterocycles. The molecule has 87 heavy (non-hydrogen) atoms. The minimum Gasteiger partial charge on any atom is -0.462 e. The maximum atomic E-state index is 13.0. The van der Waals surface area contributed by atoms with Gasteiger partial charge in [0.2, 0.25) is 0 Å². The second kappa shape index (κ2) is 57.9. The molecule has 0 aromatic rings. The van der Waals surface area contributed by atoms with E-state index in [0.717, 1.165) is 108 Å². The summed E-state index contributed by atoms with van der Waals surface area (Å²) in [4.78, 5) is 72.3. The molecule has 516 valence electrons. The number of ether oxygens (including phenoxy) is 4. The van der Waals surface area contributed by atoms with Gasteiger partial charge in [0.15, 0.2) is 12.2 Å². The van der Waals surface area contributed by atoms with Gasteiger partial charge in [-0.3, -0.25) is 37.3 Å². The number of hydrogen-bond acceptors (Lipinski definition) is 15. The number of esters is 4. The molecular weight excluding hydrogens is 1150 g/mol. The molecule has 0 aliphatic rings. The second-order valence-electron chi connectivity index (χ2n) is 26.0. The highest BCUT2D eigenvalue weighted by Crippen LogP contribution is 2.45. The molecule has 0 amide bonds. The van der Waals surface area contributed by atoms with E-state index in [1.165, 1.54) is 128 Å². The van der Waals surface area contributed by atoms with Gasteiger partial charge >= 0.3 is 39.5 Å². The van der Waals surface area contributed by atoms with Crippen LogP contribution in [0.1, 0.15) is 331 Å². The normalized spacial score (nSPS) is 15.0. The molecule has 17 nitrogen and oxygen atoms in total. The Morgan fingerprint density at radius 1 is 0.322 bits per heavy atom. The lowest BCUT2D eigenvalue weighted by Crippen LogP contribution is -2.30. The van der Waals surface area contributed by atoms with Crippen LogP contribution in [0.15, 0.2) is 0 Å². The van der Waals surface area contributed by atoms with Gasteiger partial charge in [-0.25, -0.2) is 9.13 Å². The molecule has 7 atom stereocenters. The van der Waals surface area contributed by atoms with Crippen molar-refractivity contribution in [1.29, 1.82) is 0 Å². The summed E-state index contributed by atoms with van der Waals surface area (Å²) in [7, 11) is -9.89. The lowest BCUT2D eigenvalue weighted by molar-refractivity contribution is -0.161. The Labute approximate surface area is 530 Å². The van der Waals surface area contributed by atoms with Crippen molar-refractivity contribution in [2.75, 3.05) is 39.6 Å². The molecule has 0 radical (unpaired) electrons. The summed E-state index contributed by atoms with van der Waals surface area (Å²) in [5, 5.41) is 10.6. The van der Waals surface area contributed by atoms with E-state index in [2.05, 4.69) is 55.4 Å². The van der Waals surface area contributed by atoms with Gasteiger partial charge in [-0.1, -0.05) is 280 Å². The third-order valence-electron chi connectivity index (χ3n) is 16.3. The smallest absolute Gasteiger partial charge is 0.462 e. The van der Waals surface area contributed by atoms with Crippen LogP contribution < -0.4 is 0 Å². The molecule has 0 aromatic carbocycles. The van der Waals surface area contributed by atoms with Gasteiger partial charge in [-0.2, -0.15) is 0 Å². The van der Waals surface area contributed by atoms with Crippen molar-refractivity contribution in [1.82, 2.24) is 0 Å². The monoisotopic (exact) mass is 1280 g/mol. The quantitative estimate of drug-likeness (QED) is 0.0222. The fourth-order valence-electron chi connectivity index (χ4n) is 10.1. The summed E-state index contributed by atoms with van der Waals surface area (Å²) in [6, 6.07) is 0. The van der Waals surface area contributed by atoms with Gasteiger partial charge in [-0.05, 0) is 49.4 Å². The van der Waals surface area contributed by atoms with Crippen LogP contribution in [-0.2, 0) is 65.4 Å². The fourth-order valence-corrected chi connectivity index (χ4v) is 11.7. The van der Waals surface area contributed by atoms with Gasteiger partial charge in [-0.15, -0.1) is 0 Å². The zero-order valence-electron chi connectivity index (χ0n) is 56.6. The molecule has 0 spiro atoms. The fraction of sp³-hybridized carbons (Fsp3) is 0.941. The Kier molecular flexibility index (Phi) is 56.6. The molecule has 0 heterocycles. The Balaban J connectivity index is 5.18. The largest absolute Gasteiger partial charge is 0.472 e. The van der Waals surface area contributed by atoms with Crippen molar-refractivity contribution in [3.63, 3.8) is 0 Å². The van der Waals surface area contributed by atoms with E-state index in [1.54, 1.807) is 0 Å². The highest BCUT2D eigenvalue weighted by molar-refractivity contribution is 7.47. The van der Waals surface area contributed by atoms with E-state index in [1.807, 2.05) is 0 Å². The molecule has 0 rings (SSSR count). The van der Waals surface area contributed by atoms with Crippen molar-refractivity contribution in [2.45, 2.75) is 350 Å². The van der Waals surface area contributed by atoms with Gasteiger partial charge < -0.3 is 33.8 Å². The van der Waals surface area contributed by atoms with Crippen molar-refractivity contribution in [2.24, 2.45) is 23.7 Å². The second-order valence-corrected chi connectivity index (χ2v) is 28.9. The van der Waals surface area contributed by atoms with E-state index in [-0.39, 0.29) is 25.7 Å². The van der Waals surface area contributed by atoms with E-state index >= 15 is 0 Å². The third kappa shape index (κ3) is 60.1. The Bertz CT molecular complexity index is 1730. The summed E-state index contributed by atoms with van der Waals surface area (Å²) < 4.78 is 68.1. The molecule has 0 bridgehead atoms. The van der Waals surface area contributed by atoms with Crippen molar-refractivity contribution < 1.29 is 80.2 Å². The first-order chi connectivity index (χ1) is 41.7. The van der Waals surface area contributed by atoms with Crippen LogP contribution >= 0.6 is 15.6 Å². The summed E-state index contributed by atoms with van der Waals surface area (Å²) in [5.74, 6) is 0.806. The molecule has 0 aliphatic heterocycles. The van der Waals surface area contributed by atoms with Crippen LogP contribution in [0.25, 0.3) is 0 Å². The number of aliphatic hydroxyl groups excluding tert-OH is 1. The predicted molar refractivity (Wildman–Crippen MR) is 349 cm³/mol. The summed E-state index contributed by atoms with van der Waals surface area (Å²) >= 11 is 0. The predicted octanol–water partition coefficient (Wildman–Crippen LogP) is 18.9. The lowest BCUT2D eigenvalue weighted by Gasteiger charge is -2.21. The van der Waals surface area contributed by atoms with Gasteiger partial charge in [0.25, 0.3) is 0 Å². The van der Waals surface area contributed by atoms with E-state index < -0.39 is 97.5 Å². The molecular formula is C68H132O17P2. The Hall–Kier alpha value is -1.94. The van der Waals surface area contributed by atoms with Crippen LogP contribution in [0.4, 0.5) is 0 Å². The zero-order chi connectivity index (χ0) is 64.7. The molecule has 0 aliphatic carbocycles. The average Bonchev–Trinajstić information content (AvgIpc) is 3.70. The molecule has 19 heteroatoms. The molecule has 0 fully saturated rings. The SMILES string of the molecule is CCC(C)CCCCCCCCCCCCCCCCC(=O)OC[C@H](COP(=O)(O)OC[C@@H](O)COP(=O)(O)OC[C@@H](COC(=O)CCCCCCCCC(C)C)OC(=O)CCCCCCCCC(C)CC)OC(=O)CCCCCCCCCC(C)C. The first kappa shape index (κ1) is 85.1. The number of phosphoric ester groups is 2. The van der Waals surface area contributed by atoms with Crippen molar-refractivity contribution >= 4 is 39.5 Å². The van der Waals surface area contributed by atoms with E-state index in [9.17, 15) is 43.2 Å². The highest BCUT2D eigenvalue weighted by Gasteiger charge is 2.30. The maximum Gasteiger partial charge on any atom is 0.472 e. The number of carbonyl (C=O) groups is 4. The molecule has 3 N–H and O–H groups in total. The minimum absolute atomic E-state index is 0.101. The van der Waals surface area contributed by atoms with Crippen LogP contribution in [-0.4, -0.2) is 96.7 Å².